The van der Waals surface area contributed by atoms with E-state index in [9.17, 15) is 0 Å². The van der Waals surface area contributed by atoms with Crippen molar-refractivity contribution in [2.45, 2.75) is 32.5 Å². The SMILES string of the molecule is CCn1c(CN2CCN3C=CC[C@H]3C2)nc2c(N3CCOCC3)nc(-c3cccc4[nH]ccc34)nc21. The fraction of sp³-hybridized carbons (Fsp3) is 0.444. The van der Waals surface area contributed by atoms with Crippen LogP contribution >= 0.6 is 0 Å². The zero-order chi connectivity index (χ0) is 24.1. The van der Waals surface area contributed by atoms with Gasteiger partial charge in [-0.15, -0.1) is 0 Å². The first-order valence-electron chi connectivity index (χ1n) is 13.1. The van der Waals surface area contributed by atoms with Crippen LogP contribution in [0.15, 0.2) is 42.7 Å². The van der Waals surface area contributed by atoms with Crippen LogP contribution < -0.4 is 4.90 Å². The second-order valence-electron chi connectivity index (χ2n) is 9.91. The van der Waals surface area contributed by atoms with E-state index in [2.05, 4.69) is 67.7 Å². The molecule has 4 aromatic rings. The van der Waals surface area contributed by atoms with Gasteiger partial charge in [0.05, 0.1) is 19.8 Å². The average Bonchev–Trinajstić information content (AvgIpc) is 3.66. The maximum absolute atomic E-state index is 5.65. The molecule has 0 spiro atoms. The summed E-state index contributed by atoms with van der Waals surface area (Å²) in [4.78, 5) is 26.2. The molecule has 0 saturated carbocycles. The van der Waals surface area contributed by atoms with Gasteiger partial charge in [-0.1, -0.05) is 18.2 Å². The first-order valence-corrected chi connectivity index (χ1v) is 13.1. The summed E-state index contributed by atoms with van der Waals surface area (Å²) in [5, 5.41) is 1.13. The molecule has 0 unspecified atom stereocenters. The lowest BCUT2D eigenvalue weighted by Gasteiger charge is -2.38. The normalized spacial score (nSPS) is 20.6. The first-order chi connectivity index (χ1) is 17.8. The van der Waals surface area contributed by atoms with Gasteiger partial charge in [-0.05, 0) is 31.7 Å². The Balaban J connectivity index is 1.33. The number of ether oxygens (including phenoxy) is 1. The van der Waals surface area contributed by atoms with Gasteiger partial charge in [0, 0.05) is 68.0 Å². The summed E-state index contributed by atoms with van der Waals surface area (Å²) in [5.41, 5.74) is 3.96. The molecule has 3 aromatic heterocycles. The van der Waals surface area contributed by atoms with Crippen molar-refractivity contribution < 1.29 is 4.74 Å². The number of fused-ring (bicyclic) bond motifs is 3. The van der Waals surface area contributed by atoms with E-state index < -0.39 is 0 Å². The Morgan fingerprint density at radius 3 is 2.86 bits per heavy atom. The van der Waals surface area contributed by atoms with Gasteiger partial charge >= 0.3 is 0 Å². The molecule has 0 aliphatic carbocycles. The standard InChI is InChI=1S/C27H32N8O/c1-2-35-23(18-32-11-12-33-10-4-5-19(33)17-32)29-24-26(34-13-15-36-16-14-34)30-25(31-27(24)35)21-6-3-7-22-20(21)8-9-28-22/h3-4,6-10,19,28H,2,5,11-18H2,1H3/t19-/m0/s1. The summed E-state index contributed by atoms with van der Waals surface area (Å²) in [6, 6.07) is 8.97. The number of nitrogens with zero attached hydrogens (tertiary/aromatic N) is 7. The number of benzene rings is 1. The molecule has 1 aromatic carbocycles. The molecule has 9 heteroatoms. The van der Waals surface area contributed by atoms with E-state index in [4.69, 9.17) is 19.7 Å². The van der Waals surface area contributed by atoms with Crippen LogP contribution in [0, 0.1) is 0 Å². The molecule has 3 aliphatic heterocycles. The number of hydrogen-bond acceptors (Lipinski definition) is 7. The van der Waals surface area contributed by atoms with E-state index in [1.165, 1.54) is 0 Å². The molecule has 2 saturated heterocycles. The number of morpholine rings is 1. The van der Waals surface area contributed by atoms with Crippen LogP contribution in [0.1, 0.15) is 19.2 Å². The third kappa shape index (κ3) is 3.65. The minimum Gasteiger partial charge on any atom is -0.378 e. The number of aromatic amines is 1. The van der Waals surface area contributed by atoms with Gasteiger partial charge in [-0.25, -0.2) is 15.0 Å². The summed E-state index contributed by atoms with van der Waals surface area (Å²) in [5.74, 6) is 2.75. The lowest BCUT2D eigenvalue weighted by atomic mass is 10.1. The van der Waals surface area contributed by atoms with Gasteiger partial charge in [0.15, 0.2) is 22.8 Å². The largest absolute Gasteiger partial charge is 0.378 e. The Kier molecular flexibility index (Phi) is 5.40. The summed E-state index contributed by atoms with van der Waals surface area (Å²) >= 11 is 0. The highest BCUT2D eigenvalue weighted by atomic mass is 16.5. The van der Waals surface area contributed by atoms with E-state index in [0.717, 1.165) is 97.3 Å². The van der Waals surface area contributed by atoms with Crippen molar-refractivity contribution >= 4 is 27.9 Å². The number of piperazine rings is 1. The van der Waals surface area contributed by atoms with Crippen LogP contribution in [0.2, 0.25) is 0 Å². The van der Waals surface area contributed by atoms with Crippen LogP contribution in [-0.4, -0.2) is 86.3 Å². The van der Waals surface area contributed by atoms with Gasteiger partial charge in [0.1, 0.15) is 5.82 Å². The number of aryl methyl sites for hydroxylation is 1. The second-order valence-corrected chi connectivity index (χ2v) is 9.91. The number of aromatic nitrogens is 5. The van der Waals surface area contributed by atoms with Gasteiger partial charge in [-0.2, -0.15) is 0 Å². The van der Waals surface area contributed by atoms with E-state index >= 15 is 0 Å². The van der Waals surface area contributed by atoms with E-state index in [0.29, 0.717) is 19.3 Å². The van der Waals surface area contributed by atoms with E-state index in [-0.39, 0.29) is 0 Å². The van der Waals surface area contributed by atoms with E-state index in [1.807, 2.05) is 6.20 Å². The van der Waals surface area contributed by atoms with Crippen molar-refractivity contribution in [1.82, 2.24) is 34.3 Å². The number of anilines is 1. The number of imidazole rings is 1. The number of hydrogen-bond donors (Lipinski definition) is 1. The highest BCUT2D eigenvalue weighted by Crippen LogP contribution is 2.32. The molecule has 2 fully saturated rings. The quantitative estimate of drug-likeness (QED) is 0.466. The highest BCUT2D eigenvalue weighted by Gasteiger charge is 2.29. The Labute approximate surface area is 210 Å². The smallest absolute Gasteiger partial charge is 0.166 e. The molecule has 6 heterocycles. The molecule has 1 atom stereocenters. The minimum atomic E-state index is 0.593. The Morgan fingerprint density at radius 2 is 1.97 bits per heavy atom. The number of rotatable bonds is 5. The molecular weight excluding hydrogens is 452 g/mol. The van der Waals surface area contributed by atoms with Gasteiger partial charge in [0.2, 0.25) is 0 Å². The third-order valence-electron chi connectivity index (χ3n) is 7.80. The fourth-order valence-corrected chi connectivity index (χ4v) is 5.92. The maximum atomic E-state index is 5.65. The topological polar surface area (TPSA) is 78.3 Å². The summed E-state index contributed by atoms with van der Waals surface area (Å²) in [6.45, 7) is 10.1. The molecule has 3 aliphatic rings. The second kappa shape index (κ2) is 8.90. The number of nitrogens with one attached hydrogen (secondary N) is 1. The van der Waals surface area contributed by atoms with Crippen LogP contribution in [0.4, 0.5) is 5.82 Å². The molecule has 186 valence electrons. The molecular formula is C27H32N8O. The summed E-state index contributed by atoms with van der Waals surface area (Å²) in [6.07, 6.45) is 7.68. The minimum absolute atomic E-state index is 0.593. The number of H-pyrrole nitrogens is 1. The zero-order valence-corrected chi connectivity index (χ0v) is 20.7. The molecule has 0 bridgehead atoms. The Bertz CT molecular complexity index is 1430. The van der Waals surface area contributed by atoms with Crippen molar-refractivity contribution in [2.24, 2.45) is 0 Å². The highest BCUT2D eigenvalue weighted by molar-refractivity contribution is 5.95. The zero-order valence-electron chi connectivity index (χ0n) is 20.7. The average molecular weight is 485 g/mol. The van der Waals surface area contributed by atoms with Crippen LogP contribution in [-0.2, 0) is 17.8 Å². The molecule has 0 amide bonds. The van der Waals surface area contributed by atoms with Crippen LogP contribution in [0.25, 0.3) is 33.5 Å². The van der Waals surface area contributed by atoms with Crippen molar-refractivity contribution in [3.63, 3.8) is 0 Å². The predicted molar refractivity (Wildman–Crippen MR) is 141 cm³/mol. The predicted octanol–water partition coefficient (Wildman–Crippen LogP) is 3.23. The molecule has 9 nitrogen and oxygen atoms in total. The lowest BCUT2D eigenvalue weighted by Crippen LogP contribution is -2.48. The van der Waals surface area contributed by atoms with Gasteiger partial charge in [-0.3, -0.25) is 4.90 Å². The van der Waals surface area contributed by atoms with Crippen molar-refractivity contribution in [3.05, 3.63) is 48.6 Å². The van der Waals surface area contributed by atoms with Crippen molar-refractivity contribution in [1.29, 1.82) is 0 Å². The van der Waals surface area contributed by atoms with E-state index in [1.54, 1.807) is 0 Å². The Morgan fingerprint density at radius 1 is 1.06 bits per heavy atom. The first kappa shape index (κ1) is 21.8. The maximum Gasteiger partial charge on any atom is 0.166 e. The molecule has 1 N–H and O–H groups in total. The molecule has 0 radical (unpaired) electrons. The monoisotopic (exact) mass is 484 g/mol. The third-order valence-corrected chi connectivity index (χ3v) is 7.80. The van der Waals surface area contributed by atoms with Crippen molar-refractivity contribution in [2.75, 3.05) is 50.8 Å². The van der Waals surface area contributed by atoms with Crippen LogP contribution in [0.5, 0.6) is 0 Å². The molecule has 7 rings (SSSR count). The fourth-order valence-electron chi connectivity index (χ4n) is 5.92. The lowest BCUT2D eigenvalue weighted by molar-refractivity contribution is 0.114. The Hall–Kier alpha value is -3.43. The summed E-state index contributed by atoms with van der Waals surface area (Å²) in [7, 11) is 0. The summed E-state index contributed by atoms with van der Waals surface area (Å²) < 4.78 is 7.94. The van der Waals surface area contributed by atoms with Gasteiger partial charge < -0.3 is 24.1 Å². The van der Waals surface area contributed by atoms with Crippen molar-refractivity contribution in [3.8, 4) is 11.4 Å². The van der Waals surface area contributed by atoms with Crippen LogP contribution in [0.3, 0.4) is 0 Å². The van der Waals surface area contributed by atoms with Gasteiger partial charge in [0.25, 0.3) is 0 Å². The molecule has 36 heavy (non-hydrogen) atoms.